The molecule has 1 heterocycles. The van der Waals surface area contributed by atoms with E-state index in [9.17, 15) is 4.79 Å². The second kappa shape index (κ2) is 3.01. The number of aromatic nitrogens is 1. The molecular weight excluding hydrogens is 146 g/mol. The fourth-order valence-electron chi connectivity index (χ4n) is 0.652. The zero-order valence-electron chi connectivity index (χ0n) is 5.78. The molecule has 0 unspecified atom stereocenters. The van der Waals surface area contributed by atoms with Crippen LogP contribution in [0.1, 0.15) is 16.2 Å². The molecule has 0 aromatic carbocycles. The van der Waals surface area contributed by atoms with Crippen LogP contribution in [0.5, 0.6) is 0 Å². The topological polar surface area (TPSA) is 63.3 Å². The average Bonchev–Trinajstić information content (AvgIpc) is 2.37. The van der Waals surface area contributed by atoms with E-state index in [4.69, 9.17) is 5.11 Å². The van der Waals surface area contributed by atoms with E-state index in [-0.39, 0.29) is 5.69 Å². The molecule has 1 rings (SSSR count). The van der Waals surface area contributed by atoms with Crippen molar-refractivity contribution in [3.8, 4) is 0 Å². The van der Waals surface area contributed by atoms with Gasteiger partial charge in [0.15, 0.2) is 5.69 Å². The fraction of sp³-hybridized carbons (Fsp3) is 0.143. The minimum Gasteiger partial charge on any atom is -0.476 e. The van der Waals surface area contributed by atoms with E-state index < -0.39 is 5.97 Å². The van der Waals surface area contributed by atoms with Gasteiger partial charge in [0, 0.05) is 12.5 Å². The van der Waals surface area contributed by atoms with Gasteiger partial charge in [-0.1, -0.05) is 11.2 Å². The van der Waals surface area contributed by atoms with Crippen molar-refractivity contribution in [2.45, 2.75) is 6.42 Å². The summed E-state index contributed by atoms with van der Waals surface area (Å²) in [6.45, 7) is 3.47. The third kappa shape index (κ3) is 1.67. The molecule has 4 nitrogen and oxygen atoms in total. The first kappa shape index (κ1) is 7.53. The van der Waals surface area contributed by atoms with Crippen molar-refractivity contribution in [3.63, 3.8) is 0 Å². The Kier molecular flexibility index (Phi) is 2.06. The summed E-state index contributed by atoms with van der Waals surface area (Å²) in [5.41, 5.74) is -0.0677. The van der Waals surface area contributed by atoms with Crippen molar-refractivity contribution in [1.82, 2.24) is 5.16 Å². The predicted molar refractivity (Wildman–Crippen MR) is 37.4 cm³/mol. The lowest BCUT2D eigenvalue weighted by atomic mass is 10.3. The van der Waals surface area contributed by atoms with Crippen molar-refractivity contribution in [3.05, 3.63) is 30.2 Å². The minimum absolute atomic E-state index is 0.0677. The summed E-state index contributed by atoms with van der Waals surface area (Å²) in [7, 11) is 0. The maximum absolute atomic E-state index is 10.3. The van der Waals surface area contributed by atoms with Gasteiger partial charge in [-0.2, -0.15) is 0 Å². The number of carbonyl (C=O) groups is 1. The predicted octanol–water partition coefficient (Wildman–Crippen LogP) is 1.10. The molecule has 0 aliphatic heterocycles. The number of hydrogen-bond donors (Lipinski definition) is 1. The summed E-state index contributed by atoms with van der Waals surface area (Å²) < 4.78 is 4.66. The molecule has 0 saturated heterocycles. The Morgan fingerprint density at radius 3 is 3.09 bits per heavy atom. The van der Waals surface area contributed by atoms with Crippen LogP contribution in [0, 0.1) is 0 Å². The van der Waals surface area contributed by atoms with E-state index in [2.05, 4.69) is 16.3 Å². The van der Waals surface area contributed by atoms with Gasteiger partial charge in [-0.05, 0) is 0 Å². The highest BCUT2D eigenvalue weighted by atomic mass is 16.5. The molecule has 0 fully saturated rings. The van der Waals surface area contributed by atoms with Crippen molar-refractivity contribution in [2.24, 2.45) is 0 Å². The van der Waals surface area contributed by atoms with Crippen molar-refractivity contribution in [1.29, 1.82) is 0 Å². The molecule has 0 radical (unpaired) electrons. The third-order valence-electron chi connectivity index (χ3n) is 1.12. The molecule has 0 atom stereocenters. The normalized spacial score (nSPS) is 9.45. The molecule has 1 N–H and O–H groups in total. The summed E-state index contributed by atoms with van der Waals surface area (Å²) in [4.78, 5) is 10.3. The summed E-state index contributed by atoms with van der Waals surface area (Å²) in [5, 5.41) is 11.7. The quantitative estimate of drug-likeness (QED) is 0.660. The SMILES string of the molecule is C=CCc1cc(C(=O)O)no1. The van der Waals surface area contributed by atoms with Crippen LogP contribution in [0.2, 0.25) is 0 Å². The lowest BCUT2D eigenvalue weighted by Gasteiger charge is -1.79. The van der Waals surface area contributed by atoms with Crippen LogP contribution in [0.3, 0.4) is 0 Å². The molecule has 4 heteroatoms. The van der Waals surface area contributed by atoms with Crippen LogP contribution in [-0.4, -0.2) is 16.2 Å². The van der Waals surface area contributed by atoms with Gasteiger partial charge in [-0.3, -0.25) is 0 Å². The van der Waals surface area contributed by atoms with Gasteiger partial charge in [0.2, 0.25) is 0 Å². The van der Waals surface area contributed by atoms with Crippen molar-refractivity contribution in [2.75, 3.05) is 0 Å². The Balaban J connectivity index is 2.81. The zero-order chi connectivity index (χ0) is 8.27. The Bertz CT molecular complexity index is 277. The Hall–Kier alpha value is -1.58. The molecule has 0 amide bonds. The maximum atomic E-state index is 10.3. The number of carboxylic acids is 1. The van der Waals surface area contributed by atoms with Gasteiger partial charge in [-0.15, -0.1) is 6.58 Å². The number of aromatic carboxylic acids is 1. The average molecular weight is 153 g/mol. The van der Waals surface area contributed by atoms with Crippen LogP contribution in [0.25, 0.3) is 0 Å². The molecule has 0 spiro atoms. The number of nitrogens with zero attached hydrogens (tertiary/aromatic N) is 1. The van der Waals surface area contributed by atoms with E-state index in [1.54, 1.807) is 6.08 Å². The van der Waals surface area contributed by atoms with Crippen LogP contribution in [0.4, 0.5) is 0 Å². The smallest absolute Gasteiger partial charge is 0.358 e. The van der Waals surface area contributed by atoms with Gasteiger partial charge in [0.1, 0.15) is 5.76 Å². The molecule has 11 heavy (non-hydrogen) atoms. The van der Waals surface area contributed by atoms with Gasteiger partial charge in [-0.25, -0.2) is 4.79 Å². The molecule has 1 aromatic heterocycles. The van der Waals surface area contributed by atoms with Gasteiger partial charge in [0.25, 0.3) is 0 Å². The summed E-state index contributed by atoms with van der Waals surface area (Å²) in [6.07, 6.45) is 2.12. The molecular formula is C7H7NO3. The maximum Gasteiger partial charge on any atom is 0.358 e. The van der Waals surface area contributed by atoms with Gasteiger partial charge in [0.05, 0.1) is 0 Å². The first-order valence-electron chi connectivity index (χ1n) is 3.04. The first-order valence-corrected chi connectivity index (χ1v) is 3.04. The molecule has 0 bridgehead atoms. The standard InChI is InChI=1S/C7H7NO3/c1-2-3-5-4-6(7(9)10)8-11-5/h2,4H,1,3H2,(H,9,10). The van der Waals surface area contributed by atoms with Gasteiger partial charge < -0.3 is 9.63 Å². The number of rotatable bonds is 3. The van der Waals surface area contributed by atoms with Crippen LogP contribution in [-0.2, 0) is 6.42 Å². The summed E-state index contributed by atoms with van der Waals surface area (Å²) in [5.74, 6) is -0.568. The van der Waals surface area contributed by atoms with E-state index in [1.807, 2.05) is 0 Å². The number of hydrogen-bond acceptors (Lipinski definition) is 3. The van der Waals surface area contributed by atoms with Crippen LogP contribution < -0.4 is 0 Å². The van der Waals surface area contributed by atoms with E-state index in [0.29, 0.717) is 12.2 Å². The Morgan fingerprint density at radius 1 is 1.91 bits per heavy atom. The largest absolute Gasteiger partial charge is 0.476 e. The summed E-state index contributed by atoms with van der Waals surface area (Å²) in [6, 6.07) is 1.38. The highest BCUT2D eigenvalue weighted by Gasteiger charge is 2.08. The molecule has 58 valence electrons. The monoisotopic (exact) mass is 153 g/mol. The van der Waals surface area contributed by atoms with E-state index >= 15 is 0 Å². The second-order valence-corrected chi connectivity index (χ2v) is 1.98. The van der Waals surface area contributed by atoms with Gasteiger partial charge >= 0.3 is 5.97 Å². The Labute approximate surface area is 63.1 Å². The highest BCUT2D eigenvalue weighted by molar-refractivity contribution is 5.85. The number of allylic oxidation sites excluding steroid dienone is 1. The molecule has 0 saturated carbocycles. The van der Waals surface area contributed by atoms with E-state index in [1.165, 1.54) is 6.07 Å². The van der Waals surface area contributed by atoms with Crippen molar-refractivity contribution < 1.29 is 14.4 Å². The molecule has 1 aromatic rings. The lowest BCUT2D eigenvalue weighted by molar-refractivity contribution is 0.0685. The lowest BCUT2D eigenvalue weighted by Crippen LogP contribution is -1.94. The third-order valence-corrected chi connectivity index (χ3v) is 1.12. The van der Waals surface area contributed by atoms with E-state index in [0.717, 1.165) is 0 Å². The van der Waals surface area contributed by atoms with Crippen LogP contribution in [0.15, 0.2) is 23.2 Å². The minimum atomic E-state index is -1.08. The second-order valence-electron chi connectivity index (χ2n) is 1.98. The summed E-state index contributed by atoms with van der Waals surface area (Å²) >= 11 is 0. The number of carboxylic acid groups (broad SMARTS) is 1. The fourth-order valence-corrected chi connectivity index (χ4v) is 0.652. The Morgan fingerprint density at radius 2 is 2.64 bits per heavy atom. The molecule has 0 aliphatic carbocycles. The highest BCUT2D eigenvalue weighted by Crippen LogP contribution is 2.03. The first-order chi connectivity index (χ1) is 5.24. The zero-order valence-corrected chi connectivity index (χ0v) is 5.78. The van der Waals surface area contributed by atoms with Crippen LogP contribution >= 0.6 is 0 Å². The van der Waals surface area contributed by atoms with Crippen molar-refractivity contribution >= 4 is 5.97 Å². The molecule has 0 aliphatic rings.